The number of hydrogen-bond donors (Lipinski definition) is 3. The molecule has 0 saturated carbocycles. The van der Waals surface area contributed by atoms with Crippen LogP contribution in [0.5, 0.6) is 0 Å². The van der Waals surface area contributed by atoms with Crippen LogP contribution >= 0.6 is 22.9 Å². The second-order valence-electron chi connectivity index (χ2n) is 4.77. The number of aromatic amines is 1. The van der Waals surface area contributed by atoms with Crippen LogP contribution in [0.3, 0.4) is 0 Å². The van der Waals surface area contributed by atoms with E-state index in [2.05, 4.69) is 15.5 Å². The third kappa shape index (κ3) is 3.86. The van der Waals surface area contributed by atoms with E-state index in [0.717, 1.165) is 17.7 Å². The number of thiophene rings is 1. The molecule has 6 nitrogen and oxygen atoms in total. The number of aliphatic carboxylic acids is 1. The summed E-state index contributed by atoms with van der Waals surface area (Å²) in [6.07, 6.45) is 3.38. The molecular formula is C14H16ClN3O3S. The van der Waals surface area contributed by atoms with Gasteiger partial charge in [0.25, 0.3) is 5.91 Å². The van der Waals surface area contributed by atoms with E-state index in [9.17, 15) is 14.7 Å². The molecule has 2 heterocycles. The van der Waals surface area contributed by atoms with Crippen molar-refractivity contribution in [3.8, 4) is 10.6 Å². The Morgan fingerprint density at radius 2 is 2.27 bits per heavy atom. The normalized spacial score (nSPS) is 12.1. The number of amides is 1. The Hall–Kier alpha value is -1.86. The minimum absolute atomic E-state index is 0.307. The molecular weight excluding hydrogens is 326 g/mol. The van der Waals surface area contributed by atoms with Gasteiger partial charge in [-0.05, 0) is 18.6 Å². The standard InChI is InChI=1S/C14H16ClN3O3S/c1-2-3-4-9(14(20)21)17-13(19)8-7-16-18-12(8)10-5-6-11(15)22-10/h5-7,9H,2-4H2,1H3,(H,16,18)(H,17,19)(H,20,21). The van der Waals surface area contributed by atoms with Crippen LogP contribution in [-0.2, 0) is 4.79 Å². The number of unbranched alkanes of at least 4 members (excludes halogenated alkanes) is 1. The van der Waals surface area contributed by atoms with Crippen molar-refractivity contribution in [2.75, 3.05) is 0 Å². The maximum atomic E-state index is 12.3. The lowest BCUT2D eigenvalue weighted by molar-refractivity contribution is -0.139. The van der Waals surface area contributed by atoms with E-state index in [1.807, 2.05) is 6.92 Å². The van der Waals surface area contributed by atoms with Gasteiger partial charge in [-0.25, -0.2) is 4.79 Å². The molecule has 1 unspecified atom stereocenters. The van der Waals surface area contributed by atoms with Gasteiger partial charge in [-0.2, -0.15) is 5.10 Å². The third-order valence-corrected chi connectivity index (χ3v) is 4.40. The highest BCUT2D eigenvalue weighted by atomic mass is 35.5. The van der Waals surface area contributed by atoms with Gasteiger partial charge in [0.15, 0.2) is 0 Å². The summed E-state index contributed by atoms with van der Waals surface area (Å²) < 4.78 is 0.599. The predicted octanol–water partition coefficient (Wildman–Crippen LogP) is 3.16. The monoisotopic (exact) mass is 341 g/mol. The van der Waals surface area contributed by atoms with Gasteiger partial charge in [-0.3, -0.25) is 9.89 Å². The molecule has 3 N–H and O–H groups in total. The van der Waals surface area contributed by atoms with Crippen LogP contribution < -0.4 is 5.32 Å². The fourth-order valence-corrected chi connectivity index (χ4v) is 3.05. The number of H-pyrrole nitrogens is 1. The van der Waals surface area contributed by atoms with Crippen LogP contribution in [-0.4, -0.2) is 33.2 Å². The first-order valence-electron chi connectivity index (χ1n) is 6.85. The predicted molar refractivity (Wildman–Crippen MR) is 85.3 cm³/mol. The molecule has 8 heteroatoms. The lowest BCUT2D eigenvalue weighted by Crippen LogP contribution is -2.40. The van der Waals surface area contributed by atoms with Crippen molar-refractivity contribution in [2.45, 2.75) is 32.2 Å². The van der Waals surface area contributed by atoms with E-state index >= 15 is 0 Å². The summed E-state index contributed by atoms with van der Waals surface area (Å²) in [4.78, 5) is 24.3. The molecule has 118 valence electrons. The topological polar surface area (TPSA) is 95.1 Å². The average molecular weight is 342 g/mol. The molecule has 0 saturated heterocycles. The van der Waals surface area contributed by atoms with Crippen LogP contribution in [0.1, 0.15) is 36.5 Å². The Labute approximate surface area is 136 Å². The number of carbonyl (C=O) groups is 2. The Morgan fingerprint density at radius 1 is 1.50 bits per heavy atom. The number of carboxylic acids is 1. The highest BCUT2D eigenvalue weighted by molar-refractivity contribution is 7.19. The number of rotatable bonds is 7. The second-order valence-corrected chi connectivity index (χ2v) is 6.48. The SMILES string of the molecule is CCCCC(NC(=O)c1cn[nH]c1-c1ccc(Cl)s1)C(=O)O. The minimum atomic E-state index is -1.04. The van der Waals surface area contributed by atoms with Gasteiger partial charge in [0, 0.05) is 0 Å². The molecule has 2 aromatic rings. The Balaban J connectivity index is 2.16. The van der Waals surface area contributed by atoms with Crippen molar-refractivity contribution in [1.82, 2.24) is 15.5 Å². The van der Waals surface area contributed by atoms with Crippen LogP contribution in [0.15, 0.2) is 18.3 Å². The van der Waals surface area contributed by atoms with E-state index < -0.39 is 17.9 Å². The number of nitrogens with one attached hydrogen (secondary N) is 2. The molecule has 0 aliphatic rings. The summed E-state index contributed by atoms with van der Waals surface area (Å²) >= 11 is 7.21. The zero-order valence-corrected chi connectivity index (χ0v) is 13.5. The van der Waals surface area contributed by atoms with Crippen molar-refractivity contribution in [3.05, 3.63) is 28.2 Å². The number of carbonyl (C=O) groups excluding carboxylic acids is 1. The smallest absolute Gasteiger partial charge is 0.326 e. The van der Waals surface area contributed by atoms with Gasteiger partial charge < -0.3 is 10.4 Å². The molecule has 1 amide bonds. The summed E-state index contributed by atoms with van der Waals surface area (Å²) in [6.45, 7) is 1.97. The lowest BCUT2D eigenvalue weighted by atomic mass is 10.1. The summed E-state index contributed by atoms with van der Waals surface area (Å²) in [5, 5.41) is 18.4. The zero-order valence-electron chi connectivity index (χ0n) is 11.9. The fraction of sp³-hybridized carbons (Fsp3) is 0.357. The van der Waals surface area contributed by atoms with Gasteiger partial charge >= 0.3 is 5.97 Å². The van der Waals surface area contributed by atoms with Crippen molar-refractivity contribution in [2.24, 2.45) is 0 Å². The fourth-order valence-electron chi connectivity index (χ4n) is 2.00. The second kappa shape index (κ2) is 7.42. The van der Waals surface area contributed by atoms with E-state index in [1.54, 1.807) is 12.1 Å². The largest absolute Gasteiger partial charge is 0.480 e. The number of aromatic nitrogens is 2. The summed E-state index contributed by atoms with van der Waals surface area (Å²) in [7, 11) is 0. The Morgan fingerprint density at radius 3 is 2.86 bits per heavy atom. The highest BCUT2D eigenvalue weighted by Crippen LogP contribution is 2.31. The maximum absolute atomic E-state index is 12.3. The molecule has 1 atom stereocenters. The number of carboxylic acid groups (broad SMARTS) is 1. The van der Waals surface area contributed by atoms with Gasteiger partial charge in [0.1, 0.15) is 6.04 Å². The first-order chi connectivity index (χ1) is 10.5. The molecule has 0 aliphatic heterocycles. The van der Waals surface area contributed by atoms with Gasteiger partial charge in [0.05, 0.1) is 26.7 Å². The van der Waals surface area contributed by atoms with Gasteiger partial charge in [-0.15, -0.1) is 11.3 Å². The summed E-state index contributed by atoms with van der Waals surface area (Å²) in [5.74, 6) is -1.50. The minimum Gasteiger partial charge on any atom is -0.480 e. The summed E-state index contributed by atoms with van der Waals surface area (Å²) in [5.41, 5.74) is 0.843. The van der Waals surface area contributed by atoms with E-state index in [4.69, 9.17) is 11.6 Å². The first kappa shape index (κ1) is 16.5. The first-order valence-corrected chi connectivity index (χ1v) is 8.05. The molecule has 0 spiro atoms. The van der Waals surface area contributed by atoms with E-state index in [-0.39, 0.29) is 0 Å². The van der Waals surface area contributed by atoms with Crippen molar-refractivity contribution in [3.63, 3.8) is 0 Å². The van der Waals surface area contributed by atoms with Crippen LogP contribution in [0.25, 0.3) is 10.6 Å². The molecule has 2 rings (SSSR count). The molecule has 0 aliphatic carbocycles. The average Bonchev–Trinajstić information content (AvgIpc) is 3.11. The molecule has 0 bridgehead atoms. The maximum Gasteiger partial charge on any atom is 0.326 e. The van der Waals surface area contributed by atoms with Gasteiger partial charge in [0.2, 0.25) is 0 Å². The highest BCUT2D eigenvalue weighted by Gasteiger charge is 2.23. The zero-order chi connectivity index (χ0) is 16.1. The van der Waals surface area contributed by atoms with Crippen molar-refractivity contribution < 1.29 is 14.7 Å². The molecule has 0 fully saturated rings. The quantitative estimate of drug-likeness (QED) is 0.720. The van der Waals surface area contributed by atoms with E-state index in [0.29, 0.717) is 22.0 Å². The Bertz CT molecular complexity index is 668. The Kier molecular flexibility index (Phi) is 5.57. The van der Waals surface area contributed by atoms with Crippen LogP contribution in [0.4, 0.5) is 0 Å². The summed E-state index contributed by atoms with van der Waals surface area (Å²) in [6, 6.07) is 2.61. The number of halogens is 1. The van der Waals surface area contributed by atoms with Crippen LogP contribution in [0, 0.1) is 0 Å². The number of hydrogen-bond acceptors (Lipinski definition) is 4. The van der Waals surface area contributed by atoms with Crippen molar-refractivity contribution >= 4 is 34.8 Å². The molecule has 22 heavy (non-hydrogen) atoms. The molecule has 0 aromatic carbocycles. The van der Waals surface area contributed by atoms with E-state index in [1.165, 1.54) is 17.5 Å². The number of nitrogens with zero attached hydrogens (tertiary/aromatic N) is 1. The molecule has 2 aromatic heterocycles. The molecule has 0 radical (unpaired) electrons. The van der Waals surface area contributed by atoms with Crippen LogP contribution in [0.2, 0.25) is 4.34 Å². The van der Waals surface area contributed by atoms with Gasteiger partial charge in [-0.1, -0.05) is 31.4 Å². The lowest BCUT2D eigenvalue weighted by Gasteiger charge is -2.13. The van der Waals surface area contributed by atoms with Crippen molar-refractivity contribution in [1.29, 1.82) is 0 Å². The third-order valence-electron chi connectivity index (χ3n) is 3.15.